The molecule has 0 radical (unpaired) electrons. The van der Waals surface area contributed by atoms with Gasteiger partial charge in [-0.25, -0.2) is 0 Å². The molecule has 3 aliphatic carbocycles. The minimum atomic E-state index is -4.89. The third-order valence-electron chi connectivity index (χ3n) is 9.52. The molecule has 1 aliphatic heterocycles. The summed E-state index contributed by atoms with van der Waals surface area (Å²) >= 11 is 0. The Hall–Kier alpha value is -3.16. The minimum Gasteiger partial charge on any atom is -0.507 e. The predicted octanol–water partition coefficient (Wildman–Crippen LogP) is 1.26. The molecule has 1 aromatic carbocycles. The Balaban J connectivity index is 1.63. The summed E-state index contributed by atoms with van der Waals surface area (Å²) in [6, 6.07) is -0.415. The first-order chi connectivity index (χ1) is 19.6. The topological polar surface area (TPSA) is 158 Å². The van der Waals surface area contributed by atoms with Crippen molar-refractivity contribution in [3.63, 3.8) is 0 Å². The van der Waals surface area contributed by atoms with Crippen LogP contribution in [0.3, 0.4) is 0 Å². The molecule has 3 fully saturated rings. The van der Waals surface area contributed by atoms with Crippen molar-refractivity contribution in [2.45, 2.75) is 62.9 Å². The Morgan fingerprint density at radius 2 is 1.71 bits per heavy atom. The first kappa shape index (κ1) is 30.3. The van der Waals surface area contributed by atoms with Crippen molar-refractivity contribution >= 4 is 29.0 Å². The lowest BCUT2D eigenvalue weighted by molar-refractivity contribution is -0.181. The van der Waals surface area contributed by atoms with Gasteiger partial charge in [-0.15, -0.1) is 0 Å². The molecular formula is C29H34F3N3O7. The zero-order valence-electron chi connectivity index (χ0n) is 23.4. The fraction of sp³-hybridized carbons (Fsp3) is 0.621. The number of rotatable bonds is 4. The van der Waals surface area contributed by atoms with Crippen molar-refractivity contribution in [3.05, 3.63) is 28.3 Å². The molecule has 4 aliphatic rings. The highest BCUT2D eigenvalue weighted by Gasteiger charge is 2.69. The summed E-state index contributed by atoms with van der Waals surface area (Å²) in [6.45, 7) is 1.10. The number of carbonyl (C=O) groups is 5. The maximum absolute atomic E-state index is 14.7. The number of Topliss-reactive ketones (excluding diaryl/α,β-unsaturated/α-hetero) is 4. The molecular weight excluding hydrogens is 559 g/mol. The Bertz CT molecular complexity index is 1370. The summed E-state index contributed by atoms with van der Waals surface area (Å²) in [5.41, 5.74) is 0.0575. The molecule has 1 heterocycles. The van der Waals surface area contributed by atoms with Crippen LogP contribution >= 0.6 is 0 Å². The van der Waals surface area contributed by atoms with Crippen molar-refractivity contribution in [2.24, 2.45) is 29.4 Å². The number of nitrogens with zero attached hydrogens (tertiary/aromatic N) is 2. The van der Waals surface area contributed by atoms with Crippen molar-refractivity contribution in [3.8, 4) is 5.75 Å². The van der Waals surface area contributed by atoms with Gasteiger partial charge in [0.25, 0.3) is 0 Å². The molecule has 0 aromatic heterocycles. The third-order valence-corrected chi connectivity index (χ3v) is 9.52. The van der Waals surface area contributed by atoms with E-state index in [-0.39, 0.29) is 18.5 Å². The van der Waals surface area contributed by atoms with Gasteiger partial charge in [0, 0.05) is 12.5 Å². The lowest BCUT2D eigenvalue weighted by atomic mass is 9.52. The number of hydrogen-bond donors (Lipinski definition) is 3. The second-order valence-corrected chi connectivity index (χ2v) is 12.3. The van der Waals surface area contributed by atoms with E-state index >= 15 is 0 Å². The van der Waals surface area contributed by atoms with Crippen LogP contribution in [0.2, 0.25) is 0 Å². The van der Waals surface area contributed by atoms with E-state index < -0.39 is 99.4 Å². The first-order valence-electron chi connectivity index (χ1n) is 14.1. The van der Waals surface area contributed by atoms with Crippen LogP contribution in [0.25, 0.3) is 0 Å². The number of primary amides is 1. The van der Waals surface area contributed by atoms with E-state index in [0.29, 0.717) is 13.1 Å². The van der Waals surface area contributed by atoms with E-state index in [9.17, 15) is 47.4 Å². The molecule has 10 nitrogen and oxygen atoms in total. The Labute approximate surface area is 240 Å². The van der Waals surface area contributed by atoms with E-state index in [1.807, 2.05) is 4.90 Å². The SMILES string of the molecule is CN(C)[C@@H]1C(=O)C(C(N)=O)C(=O)[C@@]2(O)C(=O)C3C(=O)c4c(O)cc(CN5CCCCCC5)c(C(F)(F)F)c4C[C@H]3C[C@@H]12. The number of ketones is 4. The average Bonchev–Trinajstić information content (AvgIpc) is 3.13. The molecule has 4 N–H and O–H groups in total. The average molecular weight is 594 g/mol. The van der Waals surface area contributed by atoms with Gasteiger partial charge in [0.15, 0.2) is 34.7 Å². The number of nitrogens with two attached hydrogens (primary N) is 1. The molecule has 1 aromatic rings. The summed E-state index contributed by atoms with van der Waals surface area (Å²) in [4.78, 5) is 69.4. The van der Waals surface area contributed by atoms with Crippen molar-refractivity contribution in [2.75, 3.05) is 27.2 Å². The number of halogens is 3. The number of hydrogen-bond acceptors (Lipinski definition) is 9. The number of carbonyl (C=O) groups excluding carboxylic acids is 5. The molecule has 42 heavy (non-hydrogen) atoms. The number of likely N-dealkylation sites (N-methyl/N-ethyl adjacent to an activating group) is 1. The maximum atomic E-state index is 14.7. The predicted molar refractivity (Wildman–Crippen MR) is 140 cm³/mol. The van der Waals surface area contributed by atoms with Gasteiger partial charge in [0.1, 0.15) is 5.75 Å². The van der Waals surface area contributed by atoms with Crippen LogP contribution in [0.1, 0.15) is 59.2 Å². The highest BCUT2D eigenvalue weighted by atomic mass is 19.4. The lowest BCUT2D eigenvalue weighted by Gasteiger charge is -2.52. The Morgan fingerprint density at radius 1 is 1.10 bits per heavy atom. The van der Waals surface area contributed by atoms with Crippen molar-refractivity contribution < 1.29 is 47.4 Å². The van der Waals surface area contributed by atoms with Crippen molar-refractivity contribution in [1.82, 2.24) is 9.80 Å². The quantitative estimate of drug-likeness (QED) is 0.437. The Morgan fingerprint density at radius 3 is 2.26 bits per heavy atom. The zero-order chi connectivity index (χ0) is 30.9. The fourth-order valence-electron chi connectivity index (χ4n) is 7.76. The molecule has 0 bridgehead atoms. The summed E-state index contributed by atoms with van der Waals surface area (Å²) in [5.74, 6) is -13.2. The van der Waals surface area contributed by atoms with Crippen LogP contribution in [0.15, 0.2) is 6.07 Å². The standard InChI is InChI=1S/C29H34F3N3O7/c1-34(2)22-16-10-13-9-15-19(23(37)18(13)25(39)28(16,42)26(40)20(24(22)38)27(33)41)17(36)11-14(21(15)29(30,31)32)12-35-7-5-3-4-6-8-35/h11,13,16,18,20,22,36,42H,3-10,12H2,1-2H3,(H2,33,41)/t13-,16-,18?,20?,22-,28-/m0/s1. The second-order valence-electron chi connectivity index (χ2n) is 12.3. The van der Waals surface area contributed by atoms with Gasteiger partial charge in [-0.3, -0.25) is 33.8 Å². The number of benzene rings is 1. The van der Waals surface area contributed by atoms with Crippen LogP contribution in [0.4, 0.5) is 13.2 Å². The zero-order valence-corrected chi connectivity index (χ0v) is 23.4. The molecule has 2 saturated carbocycles. The van der Waals surface area contributed by atoms with E-state index in [1.54, 1.807) is 0 Å². The highest BCUT2D eigenvalue weighted by Crippen LogP contribution is 2.52. The summed E-state index contributed by atoms with van der Waals surface area (Å²) < 4.78 is 44.1. The lowest BCUT2D eigenvalue weighted by Crippen LogP contribution is -2.74. The first-order valence-corrected chi connectivity index (χ1v) is 14.1. The largest absolute Gasteiger partial charge is 0.507 e. The smallest absolute Gasteiger partial charge is 0.417 e. The van der Waals surface area contributed by atoms with Crippen LogP contribution in [0, 0.1) is 23.7 Å². The molecule has 1 saturated heterocycles. The van der Waals surface area contributed by atoms with Gasteiger partial charge >= 0.3 is 6.18 Å². The number of aromatic hydroxyl groups is 1. The molecule has 2 unspecified atom stereocenters. The van der Waals surface area contributed by atoms with E-state index in [4.69, 9.17) is 5.73 Å². The number of phenols is 1. The highest BCUT2D eigenvalue weighted by molar-refractivity contribution is 6.32. The van der Waals surface area contributed by atoms with Gasteiger partial charge in [-0.1, -0.05) is 12.8 Å². The summed E-state index contributed by atoms with van der Waals surface area (Å²) in [6.07, 6.45) is -2.06. The third kappa shape index (κ3) is 4.56. The van der Waals surface area contributed by atoms with Gasteiger partial charge in [0.05, 0.1) is 23.1 Å². The molecule has 228 valence electrons. The van der Waals surface area contributed by atoms with Gasteiger partial charge in [0.2, 0.25) is 5.91 Å². The number of aliphatic hydroxyl groups is 1. The summed E-state index contributed by atoms with van der Waals surface area (Å²) in [5, 5.41) is 22.5. The van der Waals surface area contributed by atoms with E-state index in [2.05, 4.69) is 0 Å². The Kier molecular flexibility index (Phi) is 7.60. The van der Waals surface area contributed by atoms with Crippen LogP contribution in [-0.2, 0) is 38.3 Å². The molecule has 6 atom stereocenters. The van der Waals surface area contributed by atoms with Crippen LogP contribution in [0.5, 0.6) is 5.75 Å². The number of phenolic OH excluding ortho intramolecular Hbond substituents is 1. The summed E-state index contributed by atoms with van der Waals surface area (Å²) in [7, 11) is 2.87. The van der Waals surface area contributed by atoms with Gasteiger partial charge in [-0.2, -0.15) is 13.2 Å². The molecule has 13 heteroatoms. The number of likely N-dealkylation sites (tertiary alicyclic amines) is 1. The molecule has 0 spiro atoms. The normalized spacial score (nSPS) is 32.3. The van der Waals surface area contributed by atoms with E-state index in [1.165, 1.54) is 19.0 Å². The second kappa shape index (κ2) is 10.5. The maximum Gasteiger partial charge on any atom is 0.417 e. The van der Waals surface area contributed by atoms with Crippen molar-refractivity contribution in [1.29, 1.82) is 0 Å². The van der Waals surface area contributed by atoms with E-state index in [0.717, 1.165) is 31.7 Å². The van der Waals surface area contributed by atoms with Crippen LogP contribution < -0.4 is 5.73 Å². The fourth-order valence-corrected chi connectivity index (χ4v) is 7.76. The molecule has 5 rings (SSSR count). The minimum absolute atomic E-state index is 0.0838. The van der Waals surface area contributed by atoms with Crippen LogP contribution in [-0.4, -0.2) is 87.9 Å². The molecule has 1 amide bonds. The number of fused-ring (bicyclic) bond motifs is 3. The monoisotopic (exact) mass is 593 g/mol. The number of alkyl halides is 3. The number of amides is 1. The van der Waals surface area contributed by atoms with Gasteiger partial charge in [-0.05, 0) is 76.0 Å². The van der Waals surface area contributed by atoms with Gasteiger partial charge < -0.3 is 15.9 Å².